The molecule has 0 amide bonds. The number of aromatic nitrogens is 3. The van der Waals surface area contributed by atoms with Gasteiger partial charge in [0, 0.05) is 47.6 Å². The van der Waals surface area contributed by atoms with Crippen molar-refractivity contribution in [1.82, 2.24) is 15.0 Å². The van der Waals surface area contributed by atoms with Crippen LogP contribution in [0.2, 0.25) is 0 Å². The molecule has 0 saturated heterocycles. The highest BCUT2D eigenvalue weighted by Crippen LogP contribution is 2.41. The first kappa shape index (κ1) is 22.9. The van der Waals surface area contributed by atoms with Crippen molar-refractivity contribution in [3.63, 3.8) is 0 Å². The molecule has 0 aliphatic heterocycles. The molecule has 262 valence electrons. The molecule has 0 radical (unpaired) electrons. The van der Waals surface area contributed by atoms with Crippen LogP contribution in [-0.2, 0) is 0 Å². The van der Waals surface area contributed by atoms with E-state index in [1.54, 1.807) is 0 Å². The molecule has 0 spiro atoms. The Labute approximate surface area is 342 Å². The zero-order valence-electron chi connectivity index (χ0n) is 40.2. The van der Waals surface area contributed by atoms with Crippen molar-refractivity contribution < 1.29 is 19.5 Å². The molecule has 0 saturated carbocycles. The van der Waals surface area contributed by atoms with Crippen LogP contribution in [0.4, 0.5) is 0 Å². The summed E-state index contributed by atoms with van der Waals surface area (Å²) in [5.74, 6) is 0.332. The number of hydrogen-bond donors (Lipinski definition) is 0. The summed E-state index contributed by atoms with van der Waals surface area (Å²) < 4.78 is 105. The van der Waals surface area contributed by atoms with Gasteiger partial charge in [-0.2, -0.15) is 0 Å². The first-order valence-corrected chi connectivity index (χ1v) is 18.6. The molecule has 4 nitrogen and oxygen atoms in total. The molecular weight excluding hydrogens is 703 g/mol. The van der Waals surface area contributed by atoms with Crippen molar-refractivity contribution >= 4 is 53.4 Å². The predicted octanol–water partition coefficient (Wildman–Crippen LogP) is 14.1. The van der Waals surface area contributed by atoms with E-state index in [0.29, 0.717) is 22.3 Å². The molecule has 0 aliphatic rings. The maximum Gasteiger partial charge on any atom is 0.167 e. The topological polar surface area (TPSA) is 51.8 Å². The fourth-order valence-electron chi connectivity index (χ4n) is 7.02. The van der Waals surface area contributed by atoms with Crippen molar-refractivity contribution in [2.45, 2.75) is 0 Å². The molecule has 56 heavy (non-hydrogen) atoms. The Morgan fingerprint density at radius 1 is 0.375 bits per heavy atom. The molecular formula is C51H31N3OS. The quantitative estimate of drug-likeness (QED) is 0.170. The summed E-state index contributed by atoms with van der Waals surface area (Å²) >= 11 is 0.898. The Kier molecular flexibility index (Phi) is 5.42. The molecule has 5 heteroatoms. The van der Waals surface area contributed by atoms with E-state index in [1.807, 2.05) is 121 Å². The lowest BCUT2D eigenvalue weighted by Crippen LogP contribution is -2.00. The Hall–Kier alpha value is -7.21. The predicted molar refractivity (Wildman–Crippen MR) is 233 cm³/mol. The highest BCUT2D eigenvalue weighted by atomic mass is 32.1. The van der Waals surface area contributed by atoms with Crippen molar-refractivity contribution in [2.24, 2.45) is 0 Å². The standard InChI is InChI=1S/C51H31N3OS/c1-4-12-32(13-5-1)34-22-24-36(25-23-34)49-52-50(38-26-28-40-44-30-37(33-14-6-2-7-15-33)27-29-45(44)56-46(40)31-38)54-51(53-49)43-21-11-20-42-41-19-10-18-39(47(41)55-48(42)43)35-16-8-3-9-17-35/h1-31H/i2D,6D,7D,14D,15D,26D,27D,28D,29D,30D,31D. The highest BCUT2D eigenvalue weighted by molar-refractivity contribution is 7.25. The molecule has 11 rings (SSSR count). The van der Waals surface area contributed by atoms with Gasteiger partial charge in [0.05, 0.1) is 20.6 Å². The van der Waals surface area contributed by atoms with Crippen molar-refractivity contribution in [2.75, 3.05) is 0 Å². The van der Waals surface area contributed by atoms with Gasteiger partial charge in [-0.3, -0.25) is 0 Å². The average molecular weight is 745 g/mol. The third-order valence-corrected chi connectivity index (χ3v) is 10.7. The van der Waals surface area contributed by atoms with E-state index in [0.717, 1.165) is 44.4 Å². The zero-order valence-corrected chi connectivity index (χ0v) is 30.0. The van der Waals surface area contributed by atoms with Crippen molar-refractivity contribution in [3.8, 4) is 67.5 Å². The van der Waals surface area contributed by atoms with Crippen LogP contribution >= 0.6 is 11.3 Å². The molecule has 0 aliphatic carbocycles. The number of nitrogens with zero attached hydrogens (tertiary/aromatic N) is 3. The molecule has 0 bridgehead atoms. The zero-order chi connectivity index (χ0) is 46.6. The number of para-hydroxylation sites is 2. The molecule has 0 N–H and O–H groups in total. The minimum atomic E-state index is -0.666. The Balaban J connectivity index is 1.16. The minimum absolute atomic E-state index is 0.0156. The second-order valence-corrected chi connectivity index (χ2v) is 14.1. The van der Waals surface area contributed by atoms with E-state index in [1.165, 1.54) is 0 Å². The summed E-state index contributed by atoms with van der Waals surface area (Å²) in [6.45, 7) is 0. The summed E-state index contributed by atoms with van der Waals surface area (Å²) in [7, 11) is 0. The van der Waals surface area contributed by atoms with Gasteiger partial charge in [-0.25, -0.2) is 15.0 Å². The van der Waals surface area contributed by atoms with Gasteiger partial charge < -0.3 is 4.42 Å². The largest absolute Gasteiger partial charge is 0.455 e. The van der Waals surface area contributed by atoms with Crippen LogP contribution in [0.1, 0.15) is 15.1 Å². The molecule has 0 atom stereocenters. The molecule has 0 unspecified atom stereocenters. The molecule has 8 aromatic carbocycles. The number of fused-ring (bicyclic) bond motifs is 6. The normalized spacial score (nSPS) is 14.3. The number of thiophene rings is 1. The smallest absolute Gasteiger partial charge is 0.167 e. The fraction of sp³-hybridized carbons (Fsp3) is 0. The van der Waals surface area contributed by atoms with Gasteiger partial charge in [-0.05, 0) is 52.0 Å². The number of benzene rings is 8. The maximum absolute atomic E-state index is 9.68. The highest BCUT2D eigenvalue weighted by Gasteiger charge is 2.20. The minimum Gasteiger partial charge on any atom is -0.455 e. The van der Waals surface area contributed by atoms with Gasteiger partial charge in [-0.1, -0.05) is 164 Å². The van der Waals surface area contributed by atoms with Gasteiger partial charge in [-0.15, -0.1) is 11.3 Å². The lowest BCUT2D eigenvalue weighted by molar-refractivity contribution is 0.670. The Morgan fingerprint density at radius 2 is 0.982 bits per heavy atom. The molecule has 3 heterocycles. The Bertz CT molecular complexity index is 3850. The summed E-state index contributed by atoms with van der Waals surface area (Å²) in [6.07, 6.45) is 0. The number of rotatable bonds is 6. The van der Waals surface area contributed by atoms with Crippen LogP contribution in [0, 0.1) is 0 Å². The van der Waals surface area contributed by atoms with Gasteiger partial charge in [0.1, 0.15) is 11.2 Å². The van der Waals surface area contributed by atoms with Gasteiger partial charge in [0.25, 0.3) is 0 Å². The van der Waals surface area contributed by atoms with Crippen LogP contribution in [0.5, 0.6) is 0 Å². The van der Waals surface area contributed by atoms with Gasteiger partial charge >= 0.3 is 0 Å². The fourth-order valence-corrected chi connectivity index (χ4v) is 7.99. The van der Waals surface area contributed by atoms with Crippen LogP contribution in [0.25, 0.3) is 110 Å². The van der Waals surface area contributed by atoms with E-state index in [9.17, 15) is 5.48 Å². The average Bonchev–Trinajstić information content (AvgIpc) is 3.96. The van der Waals surface area contributed by atoms with Gasteiger partial charge in [0.15, 0.2) is 17.5 Å². The third-order valence-electron chi connectivity index (χ3n) is 9.72. The van der Waals surface area contributed by atoms with E-state index < -0.39 is 66.0 Å². The van der Waals surface area contributed by atoms with Crippen LogP contribution in [0.15, 0.2) is 192 Å². The molecule has 3 aromatic heterocycles. The second kappa shape index (κ2) is 13.3. The number of furan rings is 1. The summed E-state index contributed by atoms with van der Waals surface area (Å²) in [5.41, 5.74) is 5.26. The van der Waals surface area contributed by atoms with Crippen molar-refractivity contribution in [1.29, 1.82) is 0 Å². The van der Waals surface area contributed by atoms with Gasteiger partial charge in [0.2, 0.25) is 0 Å². The monoisotopic (exact) mass is 744 g/mol. The van der Waals surface area contributed by atoms with E-state index in [2.05, 4.69) is 0 Å². The SMILES string of the molecule is [2H]c1c([2H])c([2H])c(-c2c([2H])c([2H])c3sc4c([2H])c(-c5nc(-c6ccc(-c7ccccc7)cc6)nc(-c6cccc7c6oc6c(-c8ccccc8)cccc67)n5)c([2H])c([2H])c4c3c2[2H])c([2H])c1[2H]. The first-order chi connectivity index (χ1) is 32.3. The van der Waals surface area contributed by atoms with Crippen LogP contribution in [-0.4, -0.2) is 15.0 Å². The maximum atomic E-state index is 9.68. The first-order valence-electron chi connectivity index (χ1n) is 23.3. The Morgan fingerprint density at radius 3 is 1.73 bits per heavy atom. The van der Waals surface area contributed by atoms with Crippen LogP contribution in [0.3, 0.4) is 0 Å². The molecule has 11 aromatic rings. The molecule has 0 fully saturated rings. The summed E-state index contributed by atoms with van der Waals surface area (Å²) in [6, 6.07) is 33.3. The summed E-state index contributed by atoms with van der Waals surface area (Å²) in [5, 5.41) is 1.65. The number of hydrogen-bond acceptors (Lipinski definition) is 5. The second-order valence-electron chi connectivity index (χ2n) is 13.1. The van der Waals surface area contributed by atoms with E-state index in [4.69, 9.17) is 29.0 Å². The van der Waals surface area contributed by atoms with E-state index in [-0.39, 0.29) is 54.8 Å². The summed E-state index contributed by atoms with van der Waals surface area (Å²) in [4.78, 5) is 14.8. The van der Waals surface area contributed by atoms with Crippen molar-refractivity contribution in [3.05, 3.63) is 188 Å². The van der Waals surface area contributed by atoms with Crippen LogP contribution < -0.4 is 0 Å². The van der Waals surface area contributed by atoms with E-state index >= 15 is 0 Å². The third kappa shape index (κ3) is 5.56. The lowest BCUT2D eigenvalue weighted by Gasteiger charge is -2.10. The lowest BCUT2D eigenvalue weighted by atomic mass is 10.0.